The molecule has 1 rings (SSSR count). The van der Waals surface area contributed by atoms with E-state index in [2.05, 4.69) is 11.4 Å². The van der Waals surface area contributed by atoms with Gasteiger partial charge in [-0.2, -0.15) is 0 Å². The molecular weight excluding hydrogens is 90.1 g/mol. The molecule has 0 amide bonds. The topological polar surface area (TPSA) is 21.6 Å². The van der Waals surface area contributed by atoms with Crippen molar-refractivity contribution in [1.29, 1.82) is 0 Å². The fraction of sp³-hybridized carbons (Fsp3) is 0.600. The number of hydrogen-bond acceptors (Lipinski definition) is 2. The highest BCUT2D eigenvalue weighted by molar-refractivity contribution is 5.58. The molecule has 0 N–H and O–H groups in total. The van der Waals surface area contributed by atoms with Gasteiger partial charge in [0.05, 0.1) is 6.61 Å². The second-order valence-corrected chi connectivity index (χ2v) is 1.39. The molecule has 0 aromatic heterocycles. The van der Waals surface area contributed by atoms with Gasteiger partial charge in [0.15, 0.2) is 0 Å². The summed E-state index contributed by atoms with van der Waals surface area (Å²) in [7, 11) is 0. The molecule has 0 unspecified atom stereocenters. The molecule has 0 bridgehead atoms. The molecule has 0 aromatic rings. The lowest BCUT2D eigenvalue weighted by Gasteiger charge is -1.89. The third-order valence-electron chi connectivity index (χ3n) is 0.803. The van der Waals surface area contributed by atoms with Gasteiger partial charge < -0.3 is 4.74 Å². The summed E-state index contributed by atoms with van der Waals surface area (Å²) in [6.07, 6.45) is 4.88. The zero-order valence-electron chi connectivity index (χ0n) is 4.13. The van der Waals surface area contributed by atoms with Gasteiger partial charge in [0.1, 0.15) is 6.73 Å². The first kappa shape index (κ1) is 4.78. The molecule has 0 saturated heterocycles. The highest BCUT2D eigenvalue weighted by Crippen LogP contribution is 1.90. The summed E-state index contributed by atoms with van der Waals surface area (Å²) >= 11 is 0. The van der Waals surface area contributed by atoms with Crippen LogP contribution in [0.15, 0.2) is 4.99 Å². The molecule has 7 heavy (non-hydrogen) atoms. The first-order valence-corrected chi connectivity index (χ1v) is 2.38. The zero-order chi connectivity index (χ0) is 4.95. The maximum Gasteiger partial charge on any atom is 0.137 e. The maximum absolute atomic E-state index is 4.94. The highest BCUT2D eigenvalue weighted by Gasteiger charge is 1.88. The molecule has 0 saturated carbocycles. The smallest absolute Gasteiger partial charge is 0.137 e. The van der Waals surface area contributed by atoms with Crippen LogP contribution in [0.4, 0.5) is 0 Å². The van der Waals surface area contributed by atoms with Crippen LogP contribution in [-0.4, -0.2) is 19.6 Å². The Balaban J connectivity index is 2.20. The second-order valence-electron chi connectivity index (χ2n) is 1.39. The Morgan fingerprint density at radius 1 is 1.57 bits per heavy atom. The predicted molar refractivity (Wildman–Crippen MR) is 28.2 cm³/mol. The van der Waals surface area contributed by atoms with Crippen LogP contribution in [0.3, 0.4) is 0 Å². The molecule has 1 heterocycles. The van der Waals surface area contributed by atoms with Crippen molar-refractivity contribution in [3.8, 4) is 0 Å². The summed E-state index contributed by atoms with van der Waals surface area (Å²) < 4.78 is 4.94. The van der Waals surface area contributed by atoms with E-state index in [9.17, 15) is 0 Å². The summed E-state index contributed by atoms with van der Waals surface area (Å²) in [4.78, 5) is 3.89. The largest absolute Gasteiger partial charge is 0.359 e. The van der Waals surface area contributed by atoms with E-state index in [4.69, 9.17) is 4.74 Å². The number of hydrogen-bond donors (Lipinski definition) is 0. The normalized spacial score (nSPS) is 21.7. The van der Waals surface area contributed by atoms with Crippen molar-refractivity contribution in [2.24, 2.45) is 4.99 Å². The number of aliphatic imine (C=N–C) groups is 1. The molecule has 1 aliphatic rings. The van der Waals surface area contributed by atoms with Crippen LogP contribution in [0.5, 0.6) is 0 Å². The maximum atomic E-state index is 4.94. The lowest BCUT2D eigenvalue weighted by molar-refractivity contribution is 0.166. The molecule has 1 aliphatic heterocycles. The molecule has 0 atom stereocenters. The minimum Gasteiger partial charge on any atom is -0.359 e. The Bertz CT molecular complexity index is 62.5. The van der Waals surface area contributed by atoms with Crippen molar-refractivity contribution in [1.82, 2.24) is 0 Å². The van der Waals surface area contributed by atoms with Gasteiger partial charge in [-0.3, -0.25) is 4.99 Å². The summed E-state index contributed by atoms with van der Waals surface area (Å²) in [5.41, 5.74) is 0. The molecule has 0 fully saturated rings. The van der Waals surface area contributed by atoms with Gasteiger partial charge in [0.25, 0.3) is 0 Å². The van der Waals surface area contributed by atoms with E-state index < -0.39 is 0 Å². The molecule has 1 radical (unpaired) electrons. The van der Waals surface area contributed by atoms with Gasteiger partial charge in [-0.25, -0.2) is 0 Å². The van der Waals surface area contributed by atoms with E-state index in [1.54, 1.807) is 0 Å². The van der Waals surface area contributed by atoms with Crippen LogP contribution in [0.1, 0.15) is 6.42 Å². The molecule has 2 nitrogen and oxygen atoms in total. The number of rotatable bonds is 0. The van der Waals surface area contributed by atoms with Crippen molar-refractivity contribution in [3.05, 3.63) is 6.42 Å². The quantitative estimate of drug-likeness (QED) is 0.435. The van der Waals surface area contributed by atoms with Crippen molar-refractivity contribution >= 4 is 6.21 Å². The van der Waals surface area contributed by atoms with E-state index in [0.29, 0.717) is 6.73 Å². The van der Waals surface area contributed by atoms with Crippen LogP contribution in [0, 0.1) is 6.42 Å². The van der Waals surface area contributed by atoms with Crippen LogP contribution in [-0.2, 0) is 4.74 Å². The van der Waals surface area contributed by atoms with Crippen molar-refractivity contribution < 1.29 is 4.74 Å². The Hall–Kier alpha value is -0.370. The zero-order valence-corrected chi connectivity index (χ0v) is 4.13. The van der Waals surface area contributed by atoms with Gasteiger partial charge >= 0.3 is 0 Å². The van der Waals surface area contributed by atoms with Gasteiger partial charge in [0.2, 0.25) is 0 Å². The van der Waals surface area contributed by atoms with Crippen molar-refractivity contribution in [3.63, 3.8) is 0 Å². The van der Waals surface area contributed by atoms with Crippen LogP contribution in [0.2, 0.25) is 0 Å². The van der Waals surface area contributed by atoms with Crippen LogP contribution >= 0.6 is 0 Å². The fourth-order valence-corrected chi connectivity index (χ4v) is 0.459. The van der Waals surface area contributed by atoms with E-state index >= 15 is 0 Å². The van der Waals surface area contributed by atoms with E-state index in [0.717, 1.165) is 13.0 Å². The van der Waals surface area contributed by atoms with Gasteiger partial charge in [-0.05, 0) is 12.8 Å². The number of nitrogens with zero attached hydrogens (tertiary/aromatic N) is 1. The third kappa shape index (κ3) is 1.69. The van der Waals surface area contributed by atoms with E-state index in [-0.39, 0.29) is 0 Å². The Morgan fingerprint density at radius 2 is 2.57 bits per heavy atom. The third-order valence-corrected chi connectivity index (χ3v) is 0.803. The Kier molecular flexibility index (Phi) is 1.88. The standard InChI is InChI=1S/C5H8NO/c1-2-4-7-5-6-3-1/h2-3H,1,4-5H2. The summed E-state index contributed by atoms with van der Waals surface area (Å²) in [5.74, 6) is 0. The van der Waals surface area contributed by atoms with Crippen molar-refractivity contribution in [2.75, 3.05) is 13.3 Å². The average molecular weight is 98.1 g/mol. The highest BCUT2D eigenvalue weighted by atomic mass is 16.5. The molecule has 0 spiro atoms. The monoisotopic (exact) mass is 98.1 g/mol. The number of ether oxygens (including phenoxy) is 1. The summed E-state index contributed by atoms with van der Waals surface area (Å²) in [5, 5.41) is 0. The molecule has 0 aliphatic carbocycles. The predicted octanol–water partition coefficient (Wildman–Crippen LogP) is 0.639. The molecule has 39 valence electrons. The SMILES string of the molecule is [CH]1CC=NCOC1. The first-order chi connectivity index (χ1) is 3.50. The van der Waals surface area contributed by atoms with Gasteiger partial charge in [-0.1, -0.05) is 0 Å². The second kappa shape index (κ2) is 2.75. The lowest BCUT2D eigenvalue weighted by Crippen LogP contribution is -1.89. The lowest BCUT2D eigenvalue weighted by atomic mass is 10.3. The van der Waals surface area contributed by atoms with E-state index in [1.807, 2.05) is 6.21 Å². The Labute approximate surface area is 43.2 Å². The van der Waals surface area contributed by atoms with Crippen LogP contribution in [0.25, 0.3) is 0 Å². The molecular formula is C5H8NO. The van der Waals surface area contributed by atoms with Gasteiger partial charge in [-0.15, -0.1) is 0 Å². The average Bonchev–Trinajstić information content (AvgIpc) is 1.90. The van der Waals surface area contributed by atoms with Gasteiger partial charge in [0, 0.05) is 6.21 Å². The fourth-order valence-electron chi connectivity index (χ4n) is 0.459. The first-order valence-electron chi connectivity index (χ1n) is 2.38. The van der Waals surface area contributed by atoms with Crippen molar-refractivity contribution in [2.45, 2.75) is 6.42 Å². The van der Waals surface area contributed by atoms with Crippen LogP contribution < -0.4 is 0 Å². The molecule has 2 heteroatoms. The van der Waals surface area contributed by atoms with E-state index in [1.165, 1.54) is 0 Å². The molecule has 0 aromatic carbocycles. The summed E-state index contributed by atoms with van der Waals surface area (Å²) in [6, 6.07) is 0. The minimum atomic E-state index is 0.538. The summed E-state index contributed by atoms with van der Waals surface area (Å²) in [6.45, 7) is 1.29. The Morgan fingerprint density at radius 3 is 3.57 bits per heavy atom. The minimum absolute atomic E-state index is 0.538.